The van der Waals surface area contributed by atoms with Crippen molar-refractivity contribution in [1.82, 2.24) is 15.1 Å². The lowest BCUT2D eigenvalue weighted by Crippen LogP contribution is -2.47. The van der Waals surface area contributed by atoms with Gasteiger partial charge in [-0.25, -0.2) is 0 Å². The summed E-state index contributed by atoms with van der Waals surface area (Å²) in [6.07, 6.45) is 4.15. The first kappa shape index (κ1) is 13.3. The number of nitrogens with zero attached hydrogens (tertiary/aromatic N) is 2. The largest absolute Gasteiger partial charge is 0.383 e. The SMILES string of the molecule is COCCNCCCN1CCN(C2CC2)CC1. The molecule has 1 aliphatic heterocycles. The zero-order valence-corrected chi connectivity index (χ0v) is 11.2. The smallest absolute Gasteiger partial charge is 0.0587 e. The molecule has 0 bridgehead atoms. The predicted molar refractivity (Wildman–Crippen MR) is 70.4 cm³/mol. The fraction of sp³-hybridized carbons (Fsp3) is 1.00. The van der Waals surface area contributed by atoms with E-state index in [1.54, 1.807) is 7.11 Å². The number of hydrogen-bond donors (Lipinski definition) is 1. The van der Waals surface area contributed by atoms with Gasteiger partial charge in [0, 0.05) is 45.9 Å². The first-order valence-electron chi connectivity index (χ1n) is 7.06. The highest BCUT2D eigenvalue weighted by molar-refractivity contribution is 4.87. The Morgan fingerprint density at radius 3 is 2.53 bits per heavy atom. The third-order valence-corrected chi connectivity index (χ3v) is 3.78. The summed E-state index contributed by atoms with van der Waals surface area (Å²) in [7, 11) is 1.75. The lowest BCUT2D eigenvalue weighted by molar-refractivity contribution is 0.125. The Morgan fingerprint density at radius 2 is 1.88 bits per heavy atom. The van der Waals surface area contributed by atoms with E-state index in [1.807, 2.05) is 0 Å². The zero-order valence-electron chi connectivity index (χ0n) is 11.2. The van der Waals surface area contributed by atoms with Gasteiger partial charge in [0.15, 0.2) is 0 Å². The van der Waals surface area contributed by atoms with E-state index in [4.69, 9.17) is 4.74 Å². The van der Waals surface area contributed by atoms with Crippen LogP contribution in [0.25, 0.3) is 0 Å². The average molecular weight is 241 g/mol. The molecule has 0 aromatic rings. The Morgan fingerprint density at radius 1 is 1.12 bits per heavy atom. The minimum Gasteiger partial charge on any atom is -0.383 e. The summed E-state index contributed by atoms with van der Waals surface area (Å²) in [5.41, 5.74) is 0. The van der Waals surface area contributed by atoms with Crippen LogP contribution in [0.15, 0.2) is 0 Å². The van der Waals surface area contributed by atoms with Crippen molar-refractivity contribution in [1.29, 1.82) is 0 Å². The monoisotopic (exact) mass is 241 g/mol. The Bertz CT molecular complexity index is 201. The van der Waals surface area contributed by atoms with Gasteiger partial charge < -0.3 is 15.0 Å². The second kappa shape index (κ2) is 7.31. The molecule has 2 rings (SSSR count). The number of hydrogen-bond acceptors (Lipinski definition) is 4. The highest BCUT2D eigenvalue weighted by Gasteiger charge is 2.30. The van der Waals surface area contributed by atoms with Crippen LogP contribution in [0.2, 0.25) is 0 Å². The summed E-state index contributed by atoms with van der Waals surface area (Å²) in [4.78, 5) is 5.28. The Hall–Kier alpha value is -0.160. The number of ether oxygens (including phenoxy) is 1. The number of rotatable bonds is 8. The Labute approximate surface area is 105 Å². The Kier molecular flexibility index (Phi) is 5.71. The molecule has 2 aliphatic rings. The fourth-order valence-electron chi connectivity index (χ4n) is 2.52. The molecule has 1 saturated heterocycles. The Balaban J connectivity index is 1.44. The van der Waals surface area contributed by atoms with Crippen LogP contribution in [0.3, 0.4) is 0 Å². The second-order valence-corrected chi connectivity index (χ2v) is 5.21. The lowest BCUT2D eigenvalue weighted by Gasteiger charge is -2.34. The van der Waals surface area contributed by atoms with Crippen LogP contribution in [0, 0.1) is 0 Å². The van der Waals surface area contributed by atoms with Gasteiger partial charge in [0.05, 0.1) is 6.61 Å². The predicted octanol–water partition coefficient (Wildman–Crippen LogP) is 0.393. The molecule has 0 spiro atoms. The normalized spacial score (nSPS) is 23.1. The summed E-state index contributed by atoms with van der Waals surface area (Å²) in [5.74, 6) is 0. The molecule has 4 heteroatoms. The van der Waals surface area contributed by atoms with Gasteiger partial charge in [-0.15, -0.1) is 0 Å². The molecule has 1 saturated carbocycles. The van der Waals surface area contributed by atoms with Gasteiger partial charge >= 0.3 is 0 Å². The summed E-state index contributed by atoms with van der Waals surface area (Å²) < 4.78 is 5.00. The molecule has 2 fully saturated rings. The highest BCUT2D eigenvalue weighted by atomic mass is 16.5. The van der Waals surface area contributed by atoms with E-state index < -0.39 is 0 Å². The van der Waals surface area contributed by atoms with Crippen LogP contribution in [-0.4, -0.2) is 75.4 Å². The standard InChI is InChI=1S/C13H27N3O/c1-17-12-6-14-5-2-7-15-8-10-16(11-9-15)13-3-4-13/h13-14H,2-12H2,1H3. The van der Waals surface area contributed by atoms with Gasteiger partial charge in [0.2, 0.25) is 0 Å². The molecular weight excluding hydrogens is 214 g/mol. The maximum atomic E-state index is 5.00. The van der Waals surface area contributed by atoms with E-state index >= 15 is 0 Å². The van der Waals surface area contributed by atoms with Crippen molar-refractivity contribution >= 4 is 0 Å². The molecule has 0 amide bonds. The molecule has 0 radical (unpaired) electrons. The molecule has 100 valence electrons. The van der Waals surface area contributed by atoms with Gasteiger partial charge in [0.25, 0.3) is 0 Å². The first-order valence-corrected chi connectivity index (χ1v) is 7.06. The maximum absolute atomic E-state index is 5.00. The molecule has 0 atom stereocenters. The van der Waals surface area contributed by atoms with Crippen molar-refractivity contribution in [3.05, 3.63) is 0 Å². The van der Waals surface area contributed by atoms with Gasteiger partial charge in [0.1, 0.15) is 0 Å². The van der Waals surface area contributed by atoms with Crippen LogP contribution < -0.4 is 5.32 Å². The minimum absolute atomic E-state index is 0.820. The number of piperazine rings is 1. The van der Waals surface area contributed by atoms with Crippen LogP contribution in [0.1, 0.15) is 19.3 Å². The zero-order chi connectivity index (χ0) is 11.9. The molecule has 0 aromatic carbocycles. The molecule has 1 aliphatic carbocycles. The molecular formula is C13H27N3O. The third-order valence-electron chi connectivity index (χ3n) is 3.78. The van der Waals surface area contributed by atoms with Crippen molar-refractivity contribution in [3.8, 4) is 0 Å². The quantitative estimate of drug-likeness (QED) is 0.622. The number of methoxy groups -OCH3 is 1. The van der Waals surface area contributed by atoms with Gasteiger partial charge in [-0.1, -0.05) is 0 Å². The van der Waals surface area contributed by atoms with Gasteiger partial charge in [-0.2, -0.15) is 0 Å². The minimum atomic E-state index is 0.820. The van der Waals surface area contributed by atoms with E-state index in [2.05, 4.69) is 15.1 Å². The van der Waals surface area contributed by atoms with Crippen molar-refractivity contribution in [2.45, 2.75) is 25.3 Å². The van der Waals surface area contributed by atoms with Crippen LogP contribution in [-0.2, 0) is 4.74 Å². The summed E-state index contributed by atoms with van der Waals surface area (Å²) in [6, 6.07) is 0.952. The van der Waals surface area contributed by atoms with E-state index in [0.717, 1.165) is 25.7 Å². The summed E-state index contributed by atoms with van der Waals surface area (Å²) >= 11 is 0. The van der Waals surface area contributed by atoms with E-state index in [1.165, 1.54) is 52.0 Å². The fourth-order valence-corrected chi connectivity index (χ4v) is 2.52. The average Bonchev–Trinajstić information content (AvgIpc) is 3.19. The summed E-state index contributed by atoms with van der Waals surface area (Å²) in [5, 5.41) is 3.40. The molecule has 0 unspecified atom stereocenters. The molecule has 1 N–H and O–H groups in total. The van der Waals surface area contributed by atoms with Crippen molar-refractivity contribution < 1.29 is 4.74 Å². The van der Waals surface area contributed by atoms with Gasteiger partial charge in [-0.3, -0.25) is 4.90 Å². The third kappa shape index (κ3) is 4.92. The van der Waals surface area contributed by atoms with Crippen molar-refractivity contribution in [2.75, 3.05) is 59.5 Å². The maximum Gasteiger partial charge on any atom is 0.0587 e. The van der Waals surface area contributed by atoms with Crippen LogP contribution in [0.5, 0.6) is 0 Å². The van der Waals surface area contributed by atoms with E-state index in [0.29, 0.717) is 0 Å². The van der Waals surface area contributed by atoms with E-state index in [-0.39, 0.29) is 0 Å². The van der Waals surface area contributed by atoms with Crippen LogP contribution >= 0.6 is 0 Å². The molecule has 0 aromatic heterocycles. The molecule has 17 heavy (non-hydrogen) atoms. The molecule has 1 heterocycles. The molecule has 4 nitrogen and oxygen atoms in total. The van der Waals surface area contributed by atoms with Crippen LogP contribution in [0.4, 0.5) is 0 Å². The number of nitrogens with one attached hydrogen (secondary N) is 1. The van der Waals surface area contributed by atoms with Crippen molar-refractivity contribution in [3.63, 3.8) is 0 Å². The van der Waals surface area contributed by atoms with Gasteiger partial charge in [-0.05, 0) is 32.4 Å². The highest BCUT2D eigenvalue weighted by Crippen LogP contribution is 2.27. The lowest BCUT2D eigenvalue weighted by atomic mass is 10.3. The topological polar surface area (TPSA) is 27.7 Å². The first-order chi connectivity index (χ1) is 8.40. The second-order valence-electron chi connectivity index (χ2n) is 5.21. The van der Waals surface area contributed by atoms with Crippen molar-refractivity contribution in [2.24, 2.45) is 0 Å². The van der Waals surface area contributed by atoms with E-state index in [9.17, 15) is 0 Å². The summed E-state index contributed by atoms with van der Waals surface area (Å²) in [6.45, 7) is 9.30.